The number of hydrogen-bond acceptors (Lipinski definition) is 0. The molecule has 0 bridgehead atoms. The van der Waals surface area contributed by atoms with E-state index in [1.54, 1.807) is 0 Å². The van der Waals surface area contributed by atoms with Crippen LogP contribution >= 0.6 is 11.6 Å². The van der Waals surface area contributed by atoms with E-state index in [2.05, 4.69) is 60.0 Å². The van der Waals surface area contributed by atoms with Gasteiger partial charge in [-0.3, -0.25) is 0 Å². The van der Waals surface area contributed by atoms with Gasteiger partial charge in [-0.1, -0.05) is 84.3 Å². The van der Waals surface area contributed by atoms with Crippen molar-refractivity contribution in [3.05, 3.63) is 95.5 Å². The fraction of sp³-hybridized carbons (Fsp3) is 0. The second-order valence-corrected chi connectivity index (χ2v) is 7.96. The Kier molecular flexibility index (Phi) is 4.75. The van der Waals surface area contributed by atoms with Crippen molar-refractivity contribution < 1.29 is 0 Å². The molecule has 0 amide bonds. The summed E-state index contributed by atoms with van der Waals surface area (Å²) >= 11 is 6.04. The first-order valence-electron chi connectivity index (χ1n) is 7.20. The standard InChI is InChI=1S/C20H15ClSi/c21-18-9-7-8-17(16-18)14-15-22(19-10-3-1-4-11-19)20-12-5-2-6-13-20/h1-13,16,22H. The minimum Gasteiger partial charge on any atom is -0.119 e. The van der Waals surface area contributed by atoms with Crippen molar-refractivity contribution in [3.8, 4) is 11.5 Å². The predicted octanol–water partition coefficient (Wildman–Crippen LogP) is 3.27. The molecule has 22 heavy (non-hydrogen) atoms. The van der Waals surface area contributed by atoms with Gasteiger partial charge in [0.1, 0.15) is 0 Å². The molecule has 0 aliphatic rings. The fourth-order valence-electron chi connectivity index (χ4n) is 2.37. The van der Waals surface area contributed by atoms with Crippen molar-refractivity contribution >= 4 is 30.8 Å². The molecule has 0 nitrogen and oxygen atoms in total. The minimum atomic E-state index is -1.54. The van der Waals surface area contributed by atoms with Gasteiger partial charge in [-0.25, -0.2) is 0 Å². The smallest absolute Gasteiger partial charge is 0.119 e. The Morgan fingerprint density at radius 1 is 0.682 bits per heavy atom. The summed E-state index contributed by atoms with van der Waals surface area (Å²) in [6, 6.07) is 28.9. The van der Waals surface area contributed by atoms with Crippen molar-refractivity contribution in [2.45, 2.75) is 0 Å². The maximum atomic E-state index is 6.04. The van der Waals surface area contributed by atoms with Gasteiger partial charge in [0.05, 0.1) is 0 Å². The van der Waals surface area contributed by atoms with Crippen LogP contribution in [0.3, 0.4) is 0 Å². The Bertz CT molecular complexity index is 762. The lowest BCUT2D eigenvalue weighted by Gasteiger charge is -2.09. The highest BCUT2D eigenvalue weighted by molar-refractivity contribution is 6.91. The lowest BCUT2D eigenvalue weighted by atomic mass is 10.2. The number of rotatable bonds is 2. The van der Waals surface area contributed by atoms with E-state index in [4.69, 9.17) is 11.6 Å². The molecule has 0 spiro atoms. The van der Waals surface area contributed by atoms with Crippen molar-refractivity contribution in [1.82, 2.24) is 0 Å². The van der Waals surface area contributed by atoms with Crippen LogP contribution in [0.4, 0.5) is 0 Å². The molecule has 0 fully saturated rings. The molecule has 106 valence electrons. The molecule has 0 aromatic heterocycles. The molecule has 0 aliphatic carbocycles. The van der Waals surface area contributed by atoms with E-state index in [9.17, 15) is 0 Å². The highest BCUT2D eigenvalue weighted by Gasteiger charge is 2.12. The zero-order valence-corrected chi connectivity index (χ0v) is 13.9. The molecule has 3 rings (SSSR count). The number of benzene rings is 3. The summed E-state index contributed by atoms with van der Waals surface area (Å²) in [7, 11) is -1.54. The first-order chi connectivity index (χ1) is 10.8. The Balaban J connectivity index is 2.01. The van der Waals surface area contributed by atoms with E-state index in [-0.39, 0.29) is 0 Å². The van der Waals surface area contributed by atoms with Crippen LogP contribution in [0.15, 0.2) is 84.9 Å². The molecular weight excluding hydrogens is 304 g/mol. The van der Waals surface area contributed by atoms with Crippen LogP contribution in [0, 0.1) is 11.5 Å². The second-order valence-electron chi connectivity index (χ2n) is 5.03. The van der Waals surface area contributed by atoms with Gasteiger partial charge in [0.15, 0.2) is 8.80 Å². The van der Waals surface area contributed by atoms with Gasteiger partial charge in [-0.15, -0.1) is 5.54 Å². The average Bonchev–Trinajstić information content (AvgIpc) is 2.57. The molecule has 0 saturated carbocycles. The molecule has 0 atom stereocenters. The Morgan fingerprint density at radius 2 is 1.27 bits per heavy atom. The summed E-state index contributed by atoms with van der Waals surface area (Å²) in [5.41, 5.74) is 4.50. The maximum Gasteiger partial charge on any atom is 0.184 e. The monoisotopic (exact) mass is 318 g/mol. The van der Waals surface area contributed by atoms with Crippen molar-refractivity contribution in [2.75, 3.05) is 0 Å². The van der Waals surface area contributed by atoms with Gasteiger partial charge in [-0.2, -0.15) is 0 Å². The zero-order chi connectivity index (χ0) is 15.2. The zero-order valence-electron chi connectivity index (χ0n) is 12.0. The largest absolute Gasteiger partial charge is 0.184 e. The molecular formula is C20H15ClSi. The van der Waals surface area contributed by atoms with Gasteiger partial charge >= 0.3 is 0 Å². The Labute approximate surface area is 138 Å². The summed E-state index contributed by atoms with van der Waals surface area (Å²) in [6.07, 6.45) is 0. The van der Waals surface area contributed by atoms with Crippen LogP contribution in [0.25, 0.3) is 0 Å². The van der Waals surface area contributed by atoms with Crippen molar-refractivity contribution in [2.24, 2.45) is 0 Å². The Hall–Kier alpha value is -2.27. The van der Waals surface area contributed by atoms with E-state index in [1.165, 1.54) is 10.4 Å². The molecule has 3 aromatic rings. The number of halogens is 1. The number of hydrogen-bond donors (Lipinski definition) is 0. The van der Waals surface area contributed by atoms with Gasteiger partial charge in [0, 0.05) is 10.6 Å². The molecule has 0 heterocycles. The second kappa shape index (κ2) is 7.13. The van der Waals surface area contributed by atoms with Gasteiger partial charge < -0.3 is 0 Å². The molecule has 0 unspecified atom stereocenters. The minimum absolute atomic E-state index is 0.726. The molecule has 0 aliphatic heterocycles. The SMILES string of the molecule is Clc1cccc(C#C[SiH](c2ccccc2)c2ccccc2)c1. The van der Waals surface area contributed by atoms with Crippen LogP contribution < -0.4 is 10.4 Å². The topological polar surface area (TPSA) is 0 Å². The summed E-state index contributed by atoms with van der Waals surface area (Å²) in [6.45, 7) is 0. The fourth-order valence-corrected chi connectivity index (χ4v) is 4.81. The van der Waals surface area contributed by atoms with E-state index < -0.39 is 8.80 Å². The van der Waals surface area contributed by atoms with E-state index in [0.29, 0.717) is 0 Å². The average molecular weight is 319 g/mol. The lowest BCUT2D eigenvalue weighted by Crippen LogP contribution is -2.41. The van der Waals surface area contributed by atoms with Gasteiger partial charge in [0.25, 0.3) is 0 Å². The summed E-state index contributed by atoms with van der Waals surface area (Å²) in [5, 5.41) is 3.40. The Morgan fingerprint density at radius 3 is 1.82 bits per heavy atom. The maximum absolute atomic E-state index is 6.04. The van der Waals surface area contributed by atoms with Gasteiger partial charge in [0.2, 0.25) is 0 Å². The predicted molar refractivity (Wildman–Crippen MR) is 97.6 cm³/mol. The molecule has 2 heteroatoms. The molecule has 0 radical (unpaired) electrons. The highest BCUT2D eigenvalue weighted by Crippen LogP contribution is 2.09. The first kappa shape index (κ1) is 14.7. The normalized spacial score (nSPS) is 10.1. The van der Waals surface area contributed by atoms with E-state index >= 15 is 0 Å². The van der Waals surface area contributed by atoms with E-state index in [1.807, 2.05) is 36.4 Å². The molecule has 0 N–H and O–H groups in total. The first-order valence-corrected chi connectivity index (χ1v) is 9.31. The third-order valence-corrected chi connectivity index (χ3v) is 6.22. The van der Waals surface area contributed by atoms with Gasteiger partial charge in [-0.05, 0) is 28.6 Å². The molecule has 3 aromatic carbocycles. The van der Waals surface area contributed by atoms with Crippen LogP contribution in [-0.2, 0) is 0 Å². The van der Waals surface area contributed by atoms with Crippen LogP contribution in [-0.4, -0.2) is 8.80 Å². The summed E-state index contributed by atoms with van der Waals surface area (Å²) < 4.78 is 0. The lowest BCUT2D eigenvalue weighted by molar-refractivity contribution is 1.65. The van der Waals surface area contributed by atoms with Crippen molar-refractivity contribution in [1.29, 1.82) is 0 Å². The highest BCUT2D eigenvalue weighted by atomic mass is 35.5. The van der Waals surface area contributed by atoms with Crippen LogP contribution in [0.2, 0.25) is 5.02 Å². The van der Waals surface area contributed by atoms with Crippen molar-refractivity contribution in [3.63, 3.8) is 0 Å². The summed E-state index contributed by atoms with van der Waals surface area (Å²) in [5.74, 6) is 3.31. The molecule has 0 saturated heterocycles. The van der Waals surface area contributed by atoms with Crippen LogP contribution in [0.1, 0.15) is 5.56 Å². The van der Waals surface area contributed by atoms with E-state index in [0.717, 1.165) is 10.6 Å². The third kappa shape index (κ3) is 3.68. The third-order valence-electron chi connectivity index (χ3n) is 3.45. The summed E-state index contributed by atoms with van der Waals surface area (Å²) in [4.78, 5) is 0. The van der Waals surface area contributed by atoms with Crippen LogP contribution in [0.5, 0.6) is 0 Å². The quantitative estimate of drug-likeness (QED) is 0.502.